The number of amides is 1. The average Bonchev–Trinajstić information content (AvgIpc) is 2.55. The molecule has 2 aromatic rings. The van der Waals surface area contributed by atoms with Gasteiger partial charge in [-0.25, -0.2) is 0 Å². The third kappa shape index (κ3) is 4.22. The number of nitrogens with zero attached hydrogens (tertiary/aromatic N) is 1. The first-order valence-corrected chi connectivity index (χ1v) is 7.31. The first-order valence-electron chi connectivity index (χ1n) is 7.31. The van der Waals surface area contributed by atoms with Crippen molar-refractivity contribution >= 4 is 5.91 Å². The number of ether oxygens (including phenoxy) is 2. The molecule has 1 amide bonds. The van der Waals surface area contributed by atoms with Crippen molar-refractivity contribution in [3.8, 4) is 11.5 Å². The van der Waals surface area contributed by atoms with Crippen LogP contribution in [0.2, 0.25) is 0 Å². The lowest BCUT2D eigenvalue weighted by Crippen LogP contribution is -2.22. The summed E-state index contributed by atoms with van der Waals surface area (Å²) in [5, 5.41) is 2.86. The Hall–Kier alpha value is -2.56. The van der Waals surface area contributed by atoms with Gasteiger partial charge in [0.05, 0.1) is 13.2 Å². The van der Waals surface area contributed by atoms with E-state index in [2.05, 4.69) is 10.3 Å². The molecule has 22 heavy (non-hydrogen) atoms. The van der Waals surface area contributed by atoms with Crippen LogP contribution in [0.5, 0.6) is 11.5 Å². The maximum absolute atomic E-state index is 12.2. The molecule has 116 valence electrons. The summed E-state index contributed by atoms with van der Waals surface area (Å²) in [6.45, 7) is 5.30. The van der Waals surface area contributed by atoms with Crippen molar-refractivity contribution in [1.82, 2.24) is 10.3 Å². The van der Waals surface area contributed by atoms with Crippen LogP contribution in [-0.4, -0.2) is 24.1 Å². The molecule has 0 saturated carbocycles. The molecule has 0 aliphatic rings. The second-order valence-electron chi connectivity index (χ2n) is 4.57. The van der Waals surface area contributed by atoms with Gasteiger partial charge in [0.25, 0.3) is 5.91 Å². The predicted octanol–water partition coefficient (Wildman–Crippen LogP) is 2.81. The third-order valence-corrected chi connectivity index (χ3v) is 2.98. The lowest BCUT2D eigenvalue weighted by Gasteiger charge is -2.12. The summed E-state index contributed by atoms with van der Waals surface area (Å²) in [6, 6.07) is 8.94. The maximum Gasteiger partial charge on any atom is 0.251 e. The Morgan fingerprint density at radius 3 is 2.59 bits per heavy atom. The van der Waals surface area contributed by atoms with Crippen LogP contribution >= 0.6 is 0 Å². The fourth-order valence-electron chi connectivity index (χ4n) is 1.98. The zero-order valence-electron chi connectivity index (χ0n) is 12.8. The lowest BCUT2D eigenvalue weighted by molar-refractivity contribution is 0.0950. The fraction of sp³-hybridized carbons (Fsp3) is 0.294. The number of benzene rings is 1. The Morgan fingerprint density at radius 2 is 1.91 bits per heavy atom. The first-order chi connectivity index (χ1) is 10.7. The van der Waals surface area contributed by atoms with Crippen LogP contribution in [0, 0.1) is 0 Å². The second kappa shape index (κ2) is 8.02. The summed E-state index contributed by atoms with van der Waals surface area (Å²) in [6.07, 6.45) is 3.43. The van der Waals surface area contributed by atoms with E-state index < -0.39 is 0 Å². The molecule has 1 aromatic heterocycles. The zero-order chi connectivity index (χ0) is 15.8. The number of pyridine rings is 1. The average molecular weight is 300 g/mol. The van der Waals surface area contributed by atoms with E-state index in [1.807, 2.05) is 26.0 Å². The van der Waals surface area contributed by atoms with Crippen LogP contribution in [-0.2, 0) is 6.54 Å². The monoisotopic (exact) mass is 300 g/mol. The standard InChI is InChI=1S/C17H20N2O3/c1-3-21-15-8-7-14(10-16(15)22-4-2)17(20)19-12-13-6-5-9-18-11-13/h5-11H,3-4,12H2,1-2H3,(H,19,20). The molecule has 0 unspecified atom stereocenters. The summed E-state index contributed by atoms with van der Waals surface area (Å²) in [5.74, 6) is 1.07. The van der Waals surface area contributed by atoms with E-state index in [0.717, 1.165) is 5.56 Å². The van der Waals surface area contributed by atoms with Crippen molar-refractivity contribution < 1.29 is 14.3 Å². The highest BCUT2D eigenvalue weighted by Gasteiger charge is 2.11. The Balaban J connectivity index is 2.07. The molecule has 1 N–H and O–H groups in total. The highest BCUT2D eigenvalue weighted by atomic mass is 16.5. The van der Waals surface area contributed by atoms with Gasteiger partial charge >= 0.3 is 0 Å². The highest BCUT2D eigenvalue weighted by Crippen LogP contribution is 2.28. The SMILES string of the molecule is CCOc1ccc(C(=O)NCc2cccnc2)cc1OCC. The Morgan fingerprint density at radius 1 is 1.14 bits per heavy atom. The molecular formula is C17H20N2O3. The van der Waals surface area contributed by atoms with Gasteiger partial charge in [0.2, 0.25) is 0 Å². The van der Waals surface area contributed by atoms with Gasteiger partial charge < -0.3 is 14.8 Å². The minimum absolute atomic E-state index is 0.159. The molecule has 0 atom stereocenters. The number of nitrogens with one attached hydrogen (secondary N) is 1. The fourth-order valence-corrected chi connectivity index (χ4v) is 1.98. The Labute approximate surface area is 130 Å². The van der Waals surface area contributed by atoms with E-state index >= 15 is 0 Å². The summed E-state index contributed by atoms with van der Waals surface area (Å²) >= 11 is 0. The smallest absolute Gasteiger partial charge is 0.251 e. The molecule has 1 aromatic carbocycles. The molecule has 0 radical (unpaired) electrons. The molecule has 1 heterocycles. The molecule has 0 aliphatic heterocycles. The van der Waals surface area contributed by atoms with Gasteiger partial charge in [0.1, 0.15) is 0 Å². The van der Waals surface area contributed by atoms with Crippen LogP contribution < -0.4 is 14.8 Å². The number of rotatable bonds is 7. The summed E-state index contributed by atoms with van der Waals surface area (Å²) < 4.78 is 11.0. The summed E-state index contributed by atoms with van der Waals surface area (Å²) in [7, 11) is 0. The minimum Gasteiger partial charge on any atom is -0.490 e. The molecular weight excluding hydrogens is 280 g/mol. The quantitative estimate of drug-likeness (QED) is 0.854. The van der Waals surface area contributed by atoms with Crippen LogP contribution in [0.1, 0.15) is 29.8 Å². The van der Waals surface area contributed by atoms with Crippen LogP contribution in [0.4, 0.5) is 0 Å². The normalized spacial score (nSPS) is 10.1. The lowest BCUT2D eigenvalue weighted by atomic mass is 10.2. The van der Waals surface area contributed by atoms with Crippen molar-refractivity contribution in [2.75, 3.05) is 13.2 Å². The molecule has 0 bridgehead atoms. The van der Waals surface area contributed by atoms with Gasteiger partial charge in [-0.2, -0.15) is 0 Å². The van der Waals surface area contributed by atoms with Gasteiger partial charge in [0, 0.05) is 24.5 Å². The zero-order valence-corrected chi connectivity index (χ0v) is 12.8. The van der Waals surface area contributed by atoms with Crippen LogP contribution in [0.3, 0.4) is 0 Å². The van der Waals surface area contributed by atoms with E-state index in [-0.39, 0.29) is 5.91 Å². The van der Waals surface area contributed by atoms with Gasteiger partial charge in [-0.15, -0.1) is 0 Å². The van der Waals surface area contributed by atoms with E-state index in [1.54, 1.807) is 30.6 Å². The number of carbonyl (C=O) groups is 1. The van der Waals surface area contributed by atoms with Gasteiger partial charge in [-0.1, -0.05) is 6.07 Å². The van der Waals surface area contributed by atoms with Crippen molar-refractivity contribution in [2.45, 2.75) is 20.4 Å². The molecule has 0 fully saturated rings. The molecule has 0 aliphatic carbocycles. The summed E-state index contributed by atoms with van der Waals surface area (Å²) in [4.78, 5) is 16.2. The largest absolute Gasteiger partial charge is 0.490 e. The molecule has 5 heteroatoms. The van der Waals surface area contributed by atoms with E-state index in [0.29, 0.717) is 36.8 Å². The third-order valence-electron chi connectivity index (χ3n) is 2.98. The van der Waals surface area contributed by atoms with Crippen molar-refractivity contribution in [2.24, 2.45) is 0 Å². The van der Waals surface area contributed by atoms with Crippen molar-refractivity contribution in [1.29, 1.82) is 0 Å². The van der Waals surface area contributed by atoms with Gasteiger partial charge in [-0.3, -0.25) is 9.78 Å². The number of hydrogen-bond donors (Lipinski definition) is 1. The molecule has 0 spiro atoms. The van der Waals surface area contributed by atoms with Gasteiger partial charge in [-0.05, 0) is 43.7 Å². The molecule has 5 nitrogen and oxygen atoms in total. The van der Waals surface area contributed by atoms with Crippen LogP contribution in [0.15, 0.2) is 42.7 Å². The van der Waals surface area contributed by atoms with Crippen LogP contribution in [0.25, 0.3) is 0 Å². The van der Waals surface area contributed by atoms with Crippen molar-refractivity contribution in [3.63, 3.8) is 0 Å². The van der Waals surface area contributed by atoms with Gasteiger partial charge in [0.15, 0.2) is 11.5 Å². The van der Waals surface area contributed by atoms with E-state index in [9.17, 15) is 4.79 Å². The van der Waals surface area contributed by atoms with Crippen molar-refractivity contribution in [3.05, 3.63) is 53.9 Å². The molecule has 2 rings (SSSR count). The number of hydrogen-bond acceptors (Lipinski definition) is 4. The number of carbonyl (C=O) groups excluding carboxylic acids is 1. The topological polar surface area (TPSA) is 60.5 Å². The Bertz CT molecular complexity index is 615. The summed E-state index contributed by atoms with van der Waals surface area (Å²) in [5.41, 5.74) is 1.49. The predicted molar refractivity (Wildman–Crippen MR) is 84.2 cm³/mol. The van der Waals surface area contributed by atoms with E-state index in [1.165, 1.54) is 0 Å². The molecule has 0 saturated heterocycles. The van der Waals surface area contributed by atoms with E-state index in [4.69, 9.17) is 9.47 Å². The highest BCUT2D eigenvalue weighted by molar-refractivity contribution is 5.94. The Kier molecular flexibility index (Phi) is 5.77. The maximum atomic E-state index is 12.2. The first kappa shape index (κ1) is 15.8. The number of aromatic nitrogens is 1. The second-order valence-corrected chi connectivity index (χ2v) is 4.57. The minimum atomic E-state index is -0.159.